The van der Waals surface area contributed by atoms with E-state index in [1.54, 1.807) is 22.3 Å². The molecule has 2 unspecified atom stereocenters. The minimum absolute atomic E-state index is 0.637. The van der Waals surface area contributed by atoms with Crippen LogP contribution < -0.4 is 0 Å². The molecule has 0 N–H and O–H groups in total. The summed E-state index contributed by atoms with van der Waals surface area (Å²) in [6.45, 7) is 13.7. The zero-order valence-electron chi connectivity index (χ0n) is 17.3. The lowest BCUT2D eigenvalue weighted by Gasteiger charge is -2.27. The molecule has 136 valence electrons. The molecule has 2 aromatic rings. The zero-order chi connectivity index (χ0) is 18.6. The van der Waals surface area contributed by atoms with Crippen molar-refractivity contribution in [2.24, 2.45) is 0 Å². The fourth-order valence-corrected chi connectivity index (χ4v) is 6.18. The molecule has 0 spiro atoms. The first-order valence-corrected chi connectivity index (χ1v) is 10.2. The first-order chi connectivity index (χ1) is 12.4. The predicted molar refractivity (Wildman–Crippen MR) is 112 cm³/mol. The SMILES string of the molecule is Cc1cc(C)c(C2CCC3=C2C(c2c(C)cc(C)cc2C)CC3)c(C)c1. The lowest BCUT2D eigenvalue weighted by molar-refractivity contribution is 0.640. The average molecular weight is 345 g/mol. The van der Waals surface area contributed by atoms with Crippen molar-refractivity contribution in [1.82, 2.24) is 0 Å². The van der Waals surface area contributed by atoms with Gasteiger partial charge >= 0.3 is 0 Å². The lowest BCUT2D eigenvalue weighted by Crippen LogP contribution is -2.11. The summed E-state index contributed by atoms with van der Waals surface area (Å²) in [5.41, 5.74) is 15.5. The molecule has 26 heavy (non-hydrogen) atoms. The molecule has 0 heterocycles. The normalized spacial score (nSPS) is 22.2. The van der Waals surface area contributed by atoms with E-state index >= 15 is 0 Å². The Morgan fingerprint density at radius 2 is 0.923 bits per heavy atom. The first kappa shape index (κ1) is 17.6. The number of allylic oxidation sites excluding steroid dienone is 2. The Hall–Kier alpha value is -1.82. The molecule has 0 radical (unpaired) electrons. The highest BCUT2D eigenvalue weighted by Crippen LogP contribution is 2.55. The van der Waals surface area contributed by atoms with Crippen molar-refractivity contribution in [3.8, 4) is 0 Å². The van der Waals surface area contributed by atoms with E-state index in [1.807, 2.05) is 0 Å². The van der Waals surface area contributed by atoms with Gasteiger partial charge in [-0.1, -0.05) is 46.5 Å². The third-order valence-corrected chi connectivity index (χ3v) is 6.80. The summed E-state index contributed by atoms with van der Waals surface area (Å²) in [6.07, 6.45) is 5.26. The van der Waals surface area contributed by atoms with Crippen LogP contribution >= 0.6 is 0 Å². The molecule has 2 aliphatic rings. The van der Waals surface area contributed by atoms with Crippen LogP contribution in [0.2, 0.25) is 0 Å². The maximum absolute atomic E-state index is 2.38. The van der Waals surface area contributed by atoms with Gasteiger partial charge in [0.1, 0.15) is 0 Å². The van der Waals surface area contributed by atoms with E-state index in [1.165, 1.54) is 59.1 Å². The summed E-state index contributed by atoms with van der Waals surface area (Å²) in [5.74, 6) is 1.27. The van der Waals surface area contributed by atoms with Gasteiger partial charge in [-0.05, 0) is 101 Å². The van der Waals surface area contributed by atoms with Gasteiger partial charge in [0.05, 0.1) is 0 Å². The van der Waals surface area contributed by atoms with Crippen LogP contribution in [0.3, 0.4) is 0 Å². The molecule has 2 atom stereocenters. The number of rotatable bonds is 2. The van der Waals surface area contributed by atoms with E-state index < -0.39 is 0 Å². The lowest BCUT2D eigenvalue weighted by atomic mass is 9.77. The summed E-state index contributed by atoms with van der Waals surface area (Å²) >= 11 is 0. The molecule has 2 aromatic carbocycles. The maximum Gasteiger partial charge on any atom is 0.00652 e. The van der Waals surface area contributed by atoms with Gasteiger partial charge in [-0.2, -0.15) is 0 Å². The quantitative estimate of drug-likeness (QED) is 0.502. The highest BCUT2D eigenvalue weighted by Gasteiger charge is 2.38. The third-order valence-electron chi connectivity index (χ3n) is 6.80. The van der Waals surface area contributed by atoms with E-state index in [2.05, 4.69) is 65.8 Å². The second-order valence-corrected chi connectivity index (χ2v) is 8.87. The van der Waals surface area contributed by atoms with Crippen molar-refractivity contribution in [3.05, 3.63) is 79.9 Å². The smallest absolute Gasteiger partial charge is 0.00652 e. The minimum atomic E-state index is 0.637. The van der Waals surface area contributed by atoms with Crippen molar-refractivity contribution < 1.29 is 0 Å². The van der Waals surface area contributed by atoms with Crippen molar-refractivity contribution in [3.63, 3.8) is 0 Å². The molecule has 4 rings (SSSR count). The van der Waals surface area contributed by atoms with E-state index in [0.29, 0.717) is 11.8 Å². The van der Waals surface area contributed by atoms with Crippen LogP contribution in [-0.4, -0.2) is 0 Å². The highest BCUT2D eigenvalue weighted by molar-refractivity contribution is 5.53. The second kappa shape index (κ2) is 6.41. The van der Waals surface area contributed by atoms with Crippen LogP contribution in [0.5, 0.6) is 0 Å². The number of benzene rings is 2. The third kappa shape index (κ3) is 2.75. The topological polar surface area (TPSA) is 0 Å². The monoisotopic (exact) mass is 344 g/mol. The Morgan fingerprint density at radius 1 is 0.577 bits per heavy atom. The summed E-state index contributed by atoms with van der Waals surface area (Å²) in [7, 11) is 0. The molecule has 0 aliphatic heterocycles. The van der Waals surface area contributed by atoms with Crippen LogP contribution in [0.1, 0.15) is 82.0 Å². The van der Waals surface area contributed by atoms with E-state index in [0.717, 1.165) is 0 Å². The summed E-state index contributed by atoms with van der Waals surface area (Å²) < 4.78 is 0. The van der Waals surface area contributed by atoms with Crippen LogP contribution in [0.25, 0.3) is 0 Å². The van der Waals surface area contributed by atoms with Crippen LogP contribution in [-0.2, 0) is 0 Å². The van der Waals surface area contributed by atoms with Crippen LogP contribution in [0.15, 0.2) is 35.4 Å². The van der Waals surface area contributed by atoms with Gasteiger partial charge < -0.3 is 0 Å². The van der Waals surface area contributed by atoms with Gasteiger partial charge in [-0.15, -0.1) is 0 Å². The molecule has 0 amide bonds. The van der Waals surface area contributed by atoms with Crippen molar-refractivity contribution >= 4 is 0 Å². The first-order valence-electron chi connectivity index (χ1n) is 10.2. The Bertz CT molecular complexity index is 790. The molecule has 0 heteroatoms. The number of aryl methyl sites for hydroxylation is 6. The molecule has 0 nitrogen and oxygen atoms in total. The fraction of sp³-hybridized carbons (Fsp3) is 0.462. The summed E-state index contributed by atoms with van der Waals surface area (Å²) in [6, 6.07) is 9.53. The fourth-order valence-electron chi connectivity index (χ4n) is 6.18. The Kier molecular flexibility index (Phi) is 4.34. The Labute approximate surface area is 159 Å². The van der Waals surface area contributed by atoms with E-state index in [-0.39, 0.29) is 0 Å². The minimum Gasteiger partial charge on any atom is -0.0697 e. The summed E-state index contributed by atoms with van der Waals surface area (Å²) in [5, 5.41) is 0. The molecule has 0 aromatic heterocycles. The molecule has 2 aliphatic carbocycles. The summed E-state index contributed by atoms with van der Waals surface area (Å²) in [4.78, 5) is 0. The molecule has 0 fully saturated rings. The zero-order valence-corrected chi connectivity index (χ0v) is 17.3. The van der Waals surface area contributed by atoms with Crippen LogP contribution in [0, 0.1) is 41.5 Å². The van der Waals surface area contributed by atoms with Gasteiger partial charge in [-0.25, -0.2) is 0 Å². The van der Waals surface area contributed by atoms with Crippen molar-refractivity contribution in [2.45, 2.75) is 79.1 Å². The molecule has 0 saturated carbocycles. The largest absolute Gasteiger partial charge is 0.0697 e. The van der Waals surface area contributed by atoms with E-state index in [9.17, 15) is 0 Å². The average Bonchev–Trinajstić information content (AvgIpc) is 3.09. The van der Waals surface area contributed by atoms with Crippen LogP contribution in [0.4, 0.5) is 0 Å². The number of hydrogen-bond acceptors (Lipinski definition) is 0. The van der Waals surface area contributed by atoms with Gasteiger partial charge in [0.2, 0.25) is 0 Å². The number of hydrogen-bond donors (Lipinski definition) is 0. The standard InChI is InChI=1S/C26H32/c1-15-11-17(3)24(18(4)12-15)22-9-7-21-8-10-23(26(21)22)25-19(5)13-16(2)14-20(25)6/h11-14,22-23H,7-10H2,1-6H3. The Morgan fingerprint density at radius 3 is 1.27 bits per heavy atom. The molecule has 0 bridgehead atoms. The van der Waals surface area contributed by atoms with Gasteiger partial charge in [0, 0.05) is 11.8 Å². The van der Waals surface area contributed by atoms with Crippen molar-refractivity contribution in [2.75, 3.05) is 0 Å². The molecular weight excluding hydrogens is 312 g/mol. The highest BCUT2D eigenvalue weighted by atomic mass is 14.4. The molecule has 0 saturated heterocycles. The van der Waals surface area contributed by atoms with Gasteiger partial charge in [0.15, 0.2) is 0 Å². The van der Waals surface area contributed by atoms with Crippen molar-refractivity contribution in [1.29, 1.82) is 0 Å². The Balaban J connectivity index is 1.81. The van der Waals surface area contributed by atoms with Gasteiger partial charge in [0.25, 0.3) is 0 Å². The maximum atomic E-state index is 2.38. The predicted octanol–water partition coefficient (Wildman–Crippen LogP) is 7.29. The van der Waals surface area contributed by atoms with E-state index in [4.69, 9.17) is 0 Å². The second-order valence-electron chi connectivity index (χ2n) is 8.87. The molecular formula is C26H32. The van der Waals surface area contributed by atoms with Gasteiger partial charge in [-0.3, -0.25) is 0 Å².